The van der Waals surface area contributed by atoms with Gasteiger partial charge in [0.15, 0.2) is 5.82 Å². The number of nitrogens with zero attached hydrogens (tertiary/aromatic N) is 2. The lowest BCUT2D eigenvalue weighted by Gasteiger charge is -2.21. The van der Waals surface area contributed by atoms with Crippen LogP contribution in [0.15, 0.2) is 27.2 Å². The van der Waals surface area contributed by atoms with Crippen molar-refractivity contribution in [1.82, 2.24) is 10.1 Å². The summed E-state index contributed by atoms with van der Waals surface area (Å²) in [5.41, 5.74) is 6.10. The zero-order valence-corrected chi connectivity index (χ0v) is 14.4. The summed E-state index contributed by atoms with van der Waals surface area (Å²) in [5, 5.41) is 4.55. The Kier molecular flexibility index (Phi) is 5.03. The fourth-order valence-electron chi connectivity index (χ4n) is 1.63. The molecule has 1 aromatic heterocycles. The van der Waals surface area contributed by atoms with Crippen molar-refractivity contribution in [3.05, 3.63) is 33.5 Å². The van der Waals surface area contributed by atoms with Crippen molar-refractivity contribution < 1.29 is 9.26 Å². The zero-order chi connectivity index (χ0) is 15.6. The topological polar surface area (TPSA) is 74.2 Å². The standard InChI is InChI=1S/C14H17BrClN3O2/c1-8(2)20-7-14(3,17)13-18-12(21-19-13)10-6-9(16)4-5-11(10)15/h4-6,8H,7,17H2,1-3H3. The monoisotopic (exact) mass is 373 g/mol. The van der Waals surface area contributed by atoms with Gasteiger partial charge >= 0.3 is 0 Å². The van der Waals surface area contributed by atoms with Crippen molar-refractivity contribution in [2.45, 2.75) is 32.4 Å². The first-order valence-electron chi connectivity index (χ1n) is 6.49. The van der Waals surface area contributed by atoms with Crippen molar-refractivity contribution in [1.29, 1.82) is 0 Å². The van der Waals surface area contributed by atoms with Gasteiger partial charge in [-0.1, -0.05) is 16.8 Å². The van der Waals surface area contributed by atoms with Gasteiger partial charge in [-0.05, 0) is 54.9 Å². The van der Waals surface area contributed by atoms with Crippen LogP contribution in [0.2, 0.25) is 5.02 Å². The van der Waals surface area contributed by atoms with Gasteiger partial charge < -0.3 is 15.0 Å². The molecule has 0 saturated carbocycles. The Balaban J connectivity index is 2.27. The number of benzene rings is 1. The molecule has 0 spiro atoms. The zero-order valence-electron chi connectivity index (χ0n) is 12.1. The van der Waals surface area contributed by atoms with E-state index in [1.54, 1.807) is 19.1 Å². The predicted molar refractivity (Wildman–Crippen MR) is 85.1 cm³/mol. The lowest BCUT2D eigenvalue weighted by atomic mass is 10.1. The molecule has 1 atom stereocenters. The lowest BCUT2D eigenvalue weighted by molar-refractivity contribution is 0.0410. The second kappa shape index (κ2) is 6.44. The summed E-state index contributed by atoms with van der Waals surface area (Å²) in [6.45, 7) is 6.00. The molecule has 7 heteroatoms. The molecule has 21 heavy (non-hydrogen) atoms. The molecule has 0 amide bonds. The average molecular weight is 375 g/mol. The van der Waals surface area contributed by atoms with Crippen LogP contribution in [0.5, 0.6) is 0 Å². The third kappa shape index (κ3) is 4.03. The van der Waals surface area contributed by atoms with E-state index in [2.05, 4.69) is 26.1 Å². The van der Waals surface area contributed by atoms with Gasteiger partial charge in [-0.3, -0.25) is 0 Å². The van der Waals surface area contributed by atoms with Crippen LogP contribution in [0.25, 0.3) is 11.5 Å². The summed E-state index contributed by atoms with van der Waals surface area (Å²) >= 11 is 9.43. The average Bonchev–Trinajstić information content (AvgIpc) is 2.90. The first-order valence-corrected chi connectivity index (χ1v) is 7.67. The number of aromatic nitrogens is 2. The van der Waals surface area contributed by atoms with Crippen LogP contribution in [-0.2, 0) is 10.3 Å². The van der Waals surface area contributed by atoms with Gasteiger partial charge in [0.25, 0.3) is 5.89 Å². The Labute approximate surface area is 136 Å². The van der Waals surface area contributed by atoms with Crippen LogP contribution in [0.3, 0.4) is 0 Å². The predicted octanol–water partition coefficient (Wildman–Crippen LogP) is 3.75. The van der Waals surface area contributed by atoms with Gasteiger partial charge in [0.2, 0.25) is 0 Å². The SMILES string of the molecule is CC(C)OCC(C)(N)c1noc(-c2cc(Cl)ccc2Br)n1. The van der Waals surface area contributed by atoms with Gasteiger partial charge in [-0.15, -0.1) is 0 Å². The highest BCUT2D eigenvalue weighted by molar-refractivity contribution is 9.10. The van der Waals surface area contributed by atoms with Gasteiger partial charge in [0.1, 0.15) is 5.54 Å². The normalized spacial score (nSPS) is 14.4. The number of ether oxygens (including phenoxy) is 1. The van der Waals surface area contributed by atoms with E-state index in [0.717, 1.165) is 10.0 Å². The molecule has 2 rings (SSSR count). The van der Waals surface area contributed by atoms with Crippen molar-refractivity contribution in [3.8, 4) is 11.5 Å². The first-order chi connectivity index (χ1) is 9.79. The van der Waals surface area contributed by atoms with E-state index in [1.807, 2.05) is 19.9 Å². The third-order valence-corrected chi connectivity index (χ3v) is 3.74. The minimum absolute atomic E-state index is 0.0846. The van der Waals surface area contributed by atoms with Crippen LogP contribution in [-0.4, -0.2) is 22.9 Å². The van der Waals surface area contributed by atoms with Gasteiger partial charge in [0.05, 0.1) is 18.3 Å². The molecule has 0 aliphatic rings. The highest BCUT2D eigenvalue weighted by atomic mass is 79.9. The Hall–Kier alpha value is -0.950. The second-order valence-corrected chi connectivity index (χ2v) is 6.62. The number of halogens is 2. The maximum Gasteiger partial charge on any atom is 0.259 e. The van der Waals surface area contributed by atoms with Crippen LogP contribution in [0, 0.1) is 0 Å². The minimum atomic E-state index is -0.822. The molecule has 1 aromatic carbocycles. The fourth-order valence-corrected chi connectivity index (χ4v) is 2.22. The summed E-state index contributed by atoms with van der Waals surface area (Å²) in [6, 6.07) is 5.35. The van der Waals surface area contributed by atoms with E-state index in [4.69, 9.17) is 26.6 Å². The van der Waals surface area contributed by atoms with Crippen molar-refractivity contribution in [3.63, 3.8) is 0 Å². The van der Waals surface area contributed by atoms with Gasteiger partial charge in [0, 0.05) is 9.50 Å². The highest BCUT2D eigenvalue weighted by Gasteiger charge is 2.29. The molecule has 0 radical (unpaired) electrons. The van der Waals surface area contributed by atoms with Crippen LogP contribution in [0.1, 0.15) is 26.6 Å². The molecular weight excluding hydrogens is 358 g/mol. The summed E-state index contributed by atoms with van der Waals surface area (Å²) < 4.78 is 11.7. The fraction of sp³-hybridized carbons (Fsp3) is 0.429. The molecule has 2 aromatic rings. The third-order valence-electron chi connectivity index (χ3n) is 2.81. The van der Waals surface area contributed by atoms with Crippen molar-refractivity contribution >= 4 is 27.5 Å². The number of rotatable bonds is 5. The van der Waals surface area contributed by atoms with Gasteiger partial charge in [-0.2, -0.15) is 4.98 Å². The first kappa shape index (κ1) is 16.4. The van der Waals surface area contributed by atoms with Crippen LogP contribution < -0.4 is 5.73 Å². The molecule has 0 aliphatic carbocycles. The quantitative estimate of drug-likeness (QED) is 0.862. The number of hydrogen-bond acceptors (Lipinski definition) is 5. The summed E-state index contributed by atoms with van der Waals surface area (Å²) in [4.78, 5) is 4.36. The lowest BCUT2D eigenvalue weighted by Crippen LogP contribution is -2.40. The molecule has 114 valence electrons. The van der Waals surface area contributed by atoms with Crippen LogP contribution >= 0.6 is 27.5 Å². The molecule has 0 bridgehead atoms. The molecule has 2 N–H and O–H groups in total. The van der Waals surface area contributed by atoms with E-state index in [-0.39, 0.29) is 6.10 Å². The van der Waals surface area contributed by atoms with E-state index < -0.39 is 5.54 Å². The van der Waals surface area contributed by atoms with E-state index in [0.29, 0.717) is 23.3 Å². The number of nitrogens with two attached hydrogens (primary N) is 1. The van der Waals surface area contributed by atoms with Crippen LogP contribution in [0.4, 0.5) is 0 Å². The Bertz CT molecular complexity index is 628. The highest BCUT2D eigenvalue weighted by Crippen LogP contribution is 2.30. The van der Waals surface area contributed by atoms with E-state index >= 15 is 0 Å². The van der Waals surface area contributed by atoms with E-state index in [9.17, 15) is 0 Å². The summed E-state index contributed by atoms with van der Waals surface area (Å²) in [5.74, 6) is 0.755. The minimum Gasteiger partial charge on any atom is -0.376 e. The maximum absolute atomic E-state index is 6.20. The number of hydrogen-bond donors (Lipinski definition) is 1. The van der Waals surface area contributed by atoms with Crippen molar-refractivity contribution in [2.24, 2.45) is 5.73 Å². The second-order valence-electron chi connectivity index (χ2n) is 5.32. The molecule has 1 unspecified atom stereocenters. The van der Waals surface area contributed by atoms with Gasteiger partial charge in [-0.25, -0.2) is 0 Å². The molecule has 0 aliphatic heterocycles. The molecule has 1 heterocycles. The largest absolute Gasteiger partial charge is 0.376 e. The molecule has 5 nitrogen and oxygen atoms in total. The summed E-state index contributed by atoms with van der Waals surface area (Å²) in [7, 11) is 0. The molecular formula is C14H17BrClN3O2. The smallest absolute Gasteiger partial charge is 0.259 e. The Morgan fingerprint density at radius 2 is 2.19 bits per heavy atom. The van der Waals surface area contributed by atoms with Crippen molar-refractivity contribution in [2.75, 3.05) is 6.61 Å². The summed E-state index contributed by atoms with van der Waals surface area (Å²) in [6.07, 6.45) is 0.0846. The Morgan fingerprint density at radius 3 is 2.86 bits per heavy atom. The maximum atomic E-state index is 6.20. The Morgan fingerprint density at radius 1 is 1.48 bits per heavy atom. The molecule has 0 fully saturated rings. The molecule has 0 saturated heterocycles. The van der Waals surface area contributed by atoms with E-state index in [1.165, 1.54) is 0 Å².